The molecule has 0 atom stereocenters. The molecular formula is C19H16F2N2O. The summed E-state index contributed by atoms with van der Waals surface area (Å²) in [7, 11) is 0. The summed E-state index contributed by atoms with van der Waals surface area (Å²) < 4.78 is 29.2. The van der Waals surface area contributed by atoms with Gasteiger partial charge in [-0.15, -0.1) is 0 Å². The molecule has 0 bridgehead atoms. The van der Waals surface area contributed by atoms with Gasteiger partial charge in [0.1, 0.15) is 5.71 Å². The average Bonchev–Trinajstić information content (AvgIpc) is 3.22. The Bertz CT molecular complexity index is 822. The molecule has 0 radical (unpaired) electrons. The Morgan fingerprint density at radius 3 is 2.33 bits per heavy atom. The number of likely N-dealkylation sites (tertiary alicyclic amines) is 1. The van der Waals surface area contributed by atoms with E-state index in [4.69, 9.17) is 0 Å². The summed E-state index contributed by atoms with van der Waals surface area (Å²) in [6, 6.07) is 12.6. The number of fused-ring (bicyclic) bond motifs is 1. The van der Waals surface area contributed by atoms with Crippen LogP contribution < -0.4 is 0 Å². The van der Waals surface area contributed by atoms with E-state index in [1.165, 1.54) is 6.07 Å². The predicted octanol–water partition coefficient (Wildman–Crippen LogP) is 4.15. The van der Waals surface area contributed by atoms with Crippen molar-refractivity contribution in [1.29, 1.82) is 0 Å². The highest BCUT2D eigenvalue weighted by atomic mass is 19.3. The van der Waals surface area contributed by atoms with Gasteiger partial charge in [-0.3, -0.25) is 4.79 Å². The van der Waals surface area contributed by atoms with Gasteiger partial charge in [0.15, 0.2) is 0 Å². The van der Waals surface area contributed by atoms with Gasteiger partial charge < -0.3 is 4.90 Å². The van der Waals surface area contributed by atoms with E-state index < -0.39 is 5.92 Å². The Morgan fingerprint density at radius 2 is 1.67 bits per heavy atom. The molecule has 1 fully saturated rings. The summed E-state index contributed by atoms with van der Waals surface area (Å²) in [4.78, 5) is 18.2. The quantitative estimate of drug-likeness (QED) is 0.816. The number of nitrogens with zero attached hydrogens (tertiary/aromatic N) is 2. The topological polar surface area (TPSA) is 32.7 Å². The van der Waals surface area contributed by atoms with Crippen molar-refractivity contribution in [3.63, 3.8) is 0 Å². The maximum atomic E-state index is 14.6. The van der Waals surface area contributed by atoms with Crippen molar-refractivity contribution in [2.24, 2.45) is 4.99 Å². The second-order valence-electron chi connectivity index (χ2n) is 6.13. The van der Waals surface area contributed by atoms with Gasteiger partial charge in [-0.2, -0.15) is 8.78 Å². The van der Waals surface area contributed by atoms with Gasteiger partial charge >= 0.3 is 5.92 Å². The number of para-hydroxylation sites is 1. The molecule has 122 valence electrons. The molecule has 0 saturated carbocycles. The Hall–Kier alpha value is -2.56. The number of aliphatic imine (C=N–C) groups is 1. The summed E-state index contributed by atoms with van der Waals surface area (Å²) in [6.07, 6.45) is 2.04. The molecule has 1 amide bonds. The number of rotatable bonds is 2. The van der Waals surface area contributed by atoms with Crippen molar-refractivity contribution < 1.29 is 13.6 Å². The first kappa shape index (κ1) is 15.0. The number of carbonyl (C=O) groups is 1. The van der Waals surface area contributed by atoms with Crippen LogP contribution in [0.25, 0.3) is 0 Å². The van der Waals surface area contributed by atoms with Crippen LogP contribution in [0.2, 0.25) is 0 Å². The summed E-state index contributed by atoms with van der Waals surface area (Å²) in [5.74, 6) is -3.15. The lowest BCUT2D eigenvalue weighted by Crippen LogP contribution is -2.27. The number of hydrogen-bond donors (Lipinski definition) is 0. The van der Waals surface area contributed by atoms with Crippen molar-refractivity contribution in [2.75, 3.05) is 13.1 Å². The van der Waals surface area contributed by atoms with Crippen molar-refractivity contribution in [2.45, 2.75) is 18.8 Å². The molecule has 24 heavy (non-hydrogen) atoms. The summed E-state index contributed by atoms with van der Waals surface area (Å²) in [5.41, 5.74) is 0.838. The van der Waals surface area contributed by atoms with Gasteiger partial charge in [0, 0.05) is 24.2 Å². The van der Waals surface area contributed by atoms with Crippen LogP contribution >= 0.6 is 0 Å². The minimum atomic E-state index is -3.11. The van der Waals surface area contributed by atoms with Gasteiger partial charge in [0.2, 0.25) is 0 Å². The largest absolute Gasteiger partial charge is 0.339 e. The van der Waals surface area contributed by atoms with E-state index >= 15 is 0 Å². The lowest BCUT2D eigenvalue weighted by Gasteiger charge is -2.16. The molecule has 0 N–H and O–H groups in total. The van der Waals surface area contributed by atoms with Gasteiger partial charge in [0.25, 0.3) is 5.91 Å². The predicted molar refractivity (Wildman–Crippen MR) is 88.1 cm³/mol. The normalized spacial score (nSPS) is 18.4. The van der Waals surface area contributed by atoms with Crippen molar-refractivity contribution in [3.8, 4) is 0 Å². The molecule has 2 aromatic rings. The SMILES string of the molecule is O=C(c1ccc(C2=Nc3ccccc3C2(F)F)cc1)N1CCCC1. The third kappa shape index (κ3) is 2.31. The molecule has 0 unspecified atom stereocenters. The summed E-state index contributed by atoms with van der Waals surface area (Å²) >= 11 is 0. The second kappa shape index (κ2) is 5.51. The maximum absolute atomic E-state index is 14.6. The van der Waals surface area contributed by atoms with Gasteiger partial charge in [-0.25, -0.2) is 4.99 Å². The maximum Gasteiger partial charge on any atom is 0.317 e. The fourth-order valence-electron chi connectivity index (χ4n) is 3.27. The summed E-state index contributed by atoms with van der Waals surface area (Å²) in [5, 5.41) is 0. The Kier molecular flexibility index (Phi) is 3.44. The highest BCUT2D eigenvalue weighted by Crippen LogP contribution is 2.44. The molecule has 2 heterocycles. The van der Waals surface area contributed by atoms with E-state index in [1.807, 2.05) is 0 Å². The smallest absolute Gasteiger partial charge is 0.317 e. The standard InChI is InChI=1S/C19H16F2N2O/c20-19(21)15-5-1-2-6-16(15)22-17(19)13-7-9-14(10-8-13)18(24)23-11-3-4-12-23/h1-2,5-10H,3-4,11-12H2. The van der Waals surface area contributed by atoms with Crippen LogP contribution in [0.5, 0.6) is 0 Å². The van der Waals surface area contributed by atoms with Crippen LogP contribution in [0.15, 0.2) is 53.5 Å². The highest BCUT2D eigenvalue weighted by Gasteiger charge is 2.45. The Balaban J connectivity index is 1.63. The molecule has 3 nitrogen and oxygen atoms in total. The van der Waals surface area contributed by atoms with E-state index in [1.54, 1.807) is 47.4 Å². The minimum Gasteiger partial charge on any atom is -0.339 e. The molecule has 2 aliphatic heterocycles. The first-order chi connectivity index (χ1) is 11.6. The van der Waals surface area contributed by atoms with E-state index in [9.17, 15) is 13.6 Å². The lowest BCUT2D eigenvalue weighted by molar-refractivity contribution is 0.0792. The van der Waals surface area contributed by atoms with Gasteiger partial charge in [0.05, 0.1) is 11.3 Å². The molecule has 0 aromatic heterocycles. The zero-order valence-corrected chi connectivity index (χ0v) is 13.0. The molecule has 4 rings (SSSR count). The molecular weight excluding hydrogens is 310 g/mol. The monoisotopic (exact) mass is 326 g/mol. The highest BCUT2D eigenvalue weighted by molar-refractivity contribution is 6.11. The molecule has 2 aromatic carbocycles. The third-order valence-electron chi connectivity index (χ3n) is 4.57. The number of hydrogen-bond acceptors (Lipinski definition) is 2. The van der Waals surface area contributed by atoms with E-state index in [2.05, 4.69) is 4.99 Å². The zero-order valence-electron chi connectivity index (χ0n) is 13.0. The number of halogens is 2. The van der Waals surface area contributed by atoms with E-state index in [-0.39, 0.29) is 17.2 Å². The van der Waals surface area contributed by atoms with Crippen molar-refractivity contribution in [1.82, 2.24) is 4.90 Å². The third-order valence-corrected chi connectivity index (χ3v) is 4.57. The van der Waals surface area contributed by atoms with Crippen LogP contribution in [0.1, 0.15) is 34.3 Å². The zero-order chi connectivity index (χ0) is 16.7. The Morgan fingerprint density at radius 1 is 1.00 bits per heavy atom. The molecule has 2 aliphatic rings. The summed E-state index contributed by atoms with van der Waals surface area (Å²) in [6.45, 7) is 1.53. The lowest BCUT2D eigenvalue weighted by atomic mass is 9.99. The number of benzene rings is 2. The van der Waals surface area contributed by atoms with Crippen molar-refractivity contribution in [3.05, 3.63) is 65.2 Å². The minimum absolute atomic E-state index is 0.0394. The van der Waals surface area contributed by atoms with Gasteiger partial charge in [-0.1, -0.05) is 30.3 Å². The molecule has 5 heteroatoms. The van der Waals surface area contributed by atoms with Crippen molar-refractivity contribution >= 4 is 17.3 Å². The van der Waals surface area contributed by atoms with Crippen LogP contribution in [0, 0.1) is 0 Å². The Labute approximate surface area is 138 Å². The molecule has 1 saturated heterocycles. The molecule has 0 spiro atoms. The van der Waals surface area contributed by atoms with Crippen LogP contribution in [0.4, 0.5) is 14.5 Å². The van der Waals surface area contributed by atoms with Crippen LogP contribution in [-0.4, -0.2) is 29.6 Å². The second-order valence-corrected chi connectivity index (χ2v) is 6.13. The first-order valence-electron chi connectivity index (χ1n) is 8.03. The van der Waals surface area contributed by atoms with Crippen LogP contribution in [0.3, 0.4) is 0 Å². The fraction of sp³-hybridized carbons (Fsp3) is 0.263. The number of alkyl halides is 2. The van der Waals surface area contributed by atoms with Crippen LogP contribution in [-0.2, 0) is 5.92 Å². The first-order valence-corrected chi connectivity index (χ1v) is 8.03. The average molecular weight is 326 g/mol. The van der Waals surface area contributed by atoms with Gasteiger partial charge in [-0.05, 0) is 31.0 Å². The fourth-order valence-corrected chi connectivity index (χ4v) is 3.27. The molecule has 0 aliphatic carbocycles. The number of amides is 1. The number of carbonyl (C=O) groups excluding carboxylic acids is 1. The van der Waals surface area contributed by atoms with E-state index in [0.29, 0.717) is 16.8 Å². The van der Waals surface area contributed by atoms with E-state index in [0.717, 1.165) is 25.9 Å².